The van der Waals surface area contributed by atoms with Crippen molar-refractivity contribution in [2.75, 3.05) is 60.4 Å². The Bertz CT molecular complexity index is 2140. The van der Waals surface area contributed by atoms with Gasteiger partial charge in [0, 0.05) is 50.6 Å². The third kappa shape index (κ3) is 11.0. The number of hydrogen-bond acceptors (Lipinski definition) is 9. The SMILES string of the molecule is COCCOCCOCC[NH+]=C/C(=C\N)c1ccc(COc2cccc(-c3cc(F)c(Cc4nc5ccc(C(=O)O)cc5n4CCOC)cc3F)n2)c(F)c1. The molecule has 5 rings (SSSR count). The average Bonchev–Trinajstić information content (AvgIpc) is 3.52. The fourth-order valence-corrected chi connectivity index (χ4v) is 5.61. The molecule has 0 aliphatic heterocycles. The maximum atomic E-state index is 15.6. The standard InChI is InChI=1S/C40H42F3N5O7/c1-51-13-11-48-37-20-27(40(49)50)8-9-36(37)46-38(48)21-29-19-34(43)31(22-33(29)42)35-4-3-5-39(47-35)55-25-28-7-6-26(18-32(28)41)30(23-44)24-45-10-12-53-16-17-54-15-14-52-2/h3-9,18-20,22-24H,10-17,21,25,44H2,1-2H3,(H,49,50)/p+1/b30-23+,45-24?. The molecule has 0 fully saturated rings. The second-order valence-electron chi connectivity index (χ2n) is 12.2. The first-order valence-electron chi connectivity index (χ1n) is 17.4. The normalized spacial score (nSPS) is 11.9. The molecule has 3 aromatic carbocycles. The van der Waals surface area contributed by atoms with Gasteiger partial charge >= 0.3 is 5.97 Å². The number of carboxylic acids is 1. The first-order valence-corrected chi connectivity index (χ1v) is 17.4. The van der Waals surface area contributed by atoms with Crippen molar-refractivity contribution in [3.05, 3.63) is 118 Å². The zero-order valence-corrected chi connectivity index (χ0v) is 30.5. The Hall–Kier alpha value is -5.61. The van der Waals surface area contributed by atoms with E-state index >= 15 is 13.2 Å². The molecule has 5 aromatic rings. The number of rotatable bonds is 21. The summed E-state index contributed by atoms with van der Waals surface area (Å²) in [4.78, 5) is 23.6. The van der Waals surface area contributed by atoms with Crippen molar-refractivity contribution >= 4 is 28.8 Å². The number of fused-ring (bicyclic) bond motifs is 1. The lowest BCUT2D eigenvalue weighted by Crippen LogP contribution is -2.70. The molecule has 0 amide bonds. The maximum Gasteiger partial charge on any atom is 0.335 e. The van der Waals surface area contributed by atoms with Crippen molar-refractivity contribution in [2.45, 2.75) is 19.6 Å². The van der Waals surface area contributed by atoms with E-state index in [2.05, 4.69) is 15.0 Å². The molecule has 0 radical (unpaired) electrons. The highest BCUT2D eigenvalue weighted by Gasteiger charge is 2.19. The zero-order valence-electron chi connectivity index (χ0n) is 30.5. The molecular weight excluding hydrogens is 719 g/mol. The molecule has 2 aromatic heterocycles. The number of hydrogen-bond donors (Lipinski definition) is 3. The van der Waals surface area contributed by atoms with Crippen molar-refractivity contribution < 1.29 is 51.7 Å². The number of ether oxygens (including phenoxy) is 5. The summed E-state index contributed by atoms with van der Waals surface area (Å²) in [6.45, 7) is 3.35. The number of allylic oxidation sites excluding steroid dienone is 1. The second kappa shape index (κ2) is 20.2. The number of nitrogens with zero attached hydrogens (tertiary/aromatic N) is 3. The van der Waals surface area contributed by atoms with E-state index in [0.29, 0.717) is 80.7 Å². The molecule has 290 valence electrons. The van der Waals surface area contributed by atoms with Crippen LogP contribution in [0.5, 0.6) is 5.88 Å². The Balaban J connectivity index is 1.22. The zero-order chi connectivity index (χ0) is 39.2. The van der Waals surface area contributed by atoms with Gasteiger partial charge in [0.05, 0.1) is 60.9 Å². The lowest BCUT2D eigenvalue weighted by Gasteiger charge is -2.12. The van der Waals surface area contributed by atoms with Crippen LogP contribution >= 0.6 is 0 Å². The van der Waals surface area contributed by atoms with Gasteiger partial charge in [-0.25, -0.2) is 32.9 Å². The lowest BCUT2D eigenvalue weighted by molar-refractivity contribution is -0.454. The minimum Gasteiger partial charge on any atom is -0.478 e. The number of halogens is 3. The van der Waals surface area contributed by atoms with E-state index in [0.717, 1.165) is 12.1 Å². The van der Waals surface area contributed by atoms with Crippen molar-refractivity contribution in [3.63, 3.8) is 0 Å². The summed E-state index contributed by atoms with van der Waals surface area (Å²) >= 11 is 0. The number of aromatic carboxylic acids is 1. The van der Waals surface area contributed by atoms with E-state index in [-0.39, 0.29) is 46.9 Å². The lowest BCUT2D eigenvalue weighted by atomic mass is 10.0. The summed E-state index contributed by atoms with van der Waals surface area (Å²) in [7, 11) is 3.14. The van der Waals surface area contributed by atoms with Crippen LogP contribution in [0, 0.1) is 17.5 Å². The van der Waals surface area contributed by atoms with Gasteiger partial charge in [-0.2, -0.15) is 0 Å². The summed E-state index contributed by atoms with van der Waals surface area (Å²) in [5, 5.41) is 9.46. The molecular formula is C40H43F3N5O7+. The van der Waals surface area contributed by atoms with Crippen LogP contribution in [0.1, 0.15) is 32.9 Å². The Morgan fingerprint density at radius 1 is 0.836 bits per heavy atom. The minimum atomic E-state index is -1.09. The van der Waals surface area contributed by atoms with Gasteiger partial charge in [0.1, 0.15) is 36.5 Å². The summed E-state index contributed by atoms with van der Waals surface area (Å²) in [5.74, 6) is -2.53. The van der Waals surface area contributed by atoms with E-state index < -0.39 is 23.4 Å². The van der Waals surface area contributed by atoms with Crippen molar-refractivity contribution in [3.8, 4) is 17.1 Å². The van der Waals surface area contributed by atoms with E-state index in [1.54, 1.807) is 42.2 Å². The molecule has 2 heterocycles. The van der Waals surface area contributed by atoms with Gasteiger partial charge in [-0.1, -0.05) is 18.2 Å². The molecule has 0 unspecified atom stereocenters. The molecule has 4 N–H and O–H groups in total. The molecule has 15 heteroatoms. The molecule has 0 atom stereocenters. The fraction of sp³-hybridized carbons (Fsp3) is 0.300. The van der Waals surface area contributed by atoms with E-state index in [9.17, 15) is 9.90 Å². The van der Waals surface area contributed by atoms with E-state index in [4.69, 9.17) is 29.4 Å². The van der Waals surface area contributed by atoms with Crippen LogP contribution in [0.15, 0.2) is 72.9 Å². The third-order valence-electron chi connectivity index (χ3n) is 8.47. The molecule has 55 heavy (non-hydrogen) atoms. The predicted octanol–water partition coefficient (Wildman–Crippen LogP) is 4.16. The number of nitrogens with two attached hydrogens (primary N) is 1. The number of carbonyl (C=O) groups is 1. The predicted molar refractivity (Wildman–Crippen MR) is 199 cm³/mol. The summed E-state index contributed by atoms with van der Waals surface area (Å²) in [6.07, 6.45) is 2.97. The highest BCUT2D eigenvalue weighted by molar-refractivity contribution is 6.06. The number of imidazole rings is 1. The average molecular weight is 763 g/mol. The quantitative estimate of drug-likeness (QED) is 0.0734. The van der Waals surface area contributed by atoms with Crippen LogP contribution in [-0.4, -0.2) is 92.2 Å². The number of benzene rings is 3. The molecule has 0 spiro atoms. The van der Waals surface area contributed by atoms with Gasteiger partial charge in [0.2, 0.25) is 5.88 Å². The van der Waals surface area contributed by atoms with Crippen LogP contribution in [0.3, 0.4) is 0 Å². The van der Waals surface area contributed by atoms with Crippen LogP contribution in [0.4, 0.5) is 13.2 Å². The van der Waals surface area contributed by atoms with Crippen LogP contribution in [-0.2, 0) is 38.5 Å². The monoisotopic (exact) mass is 762 g/mol. The number of nitrogens with one attached hydrogen (secondary N) is 1. The molecule has 0 aliphatic carbocycles. The van der Waals surface area contributed by atoms with E-state index in [1.165, 1.54) is 43.6 Å². The topological polar surface area (TPSA) is 154 Å². The Morgan fingerprint density at radius 2 is 1.58 bits per heavy atom. The number of pyridine rings is 1. The molecule has 0 saturated heterocycles. The smallest absolute Gasteiger partial charge is 0.335 e. The Labute approximate surface area is 316 Å². The highest BCUT2D eigenvalue weighted by Crippen LogP contribution is 2.28. The molecule has 12 nitrogen and oxygen atoms in total. The van der Waals surface area contributed by atoms with Crippen molar-refractivity contribution in [1.82, 2.24) is 14.5 Å². The van der Waals surface area contributed by atoms with Gasteiger partial charge in [-0.3, -0.25) is 0 Å². The Kier molecular flexibility index (Phi) is 14.9. The van der Waals surface area contributed by atoms with Crippen LogP contribution < -0.4 is 15.5 Å². The third-order valence-corrected chi connectivity index (χ3v) is 8.47. The number of aromatic nitrogens is 3. The van der Waals surface area contributed by atoms with Crippen LogP contribution in [0.25, 0.3) is 27.9 Å². The maximum absolute atomic E-state index is 15.6. The second-order valence-corrected chi connectivity index (χ2v) is 12.2. The van der Waals surface area contributed by atoms with Gasteiger partial charge in [0.15, 0.2) is 12.8 Å². The van der Waals surface area contributed by atoms with Gasteiger partial charge < -0.3 is 39.1 Å². The van der Waals surface area contributed by atoms with E-state index in [1.807, 2.05) is 0 Å². The van der Waals surface area contributed by atoms with Crippen molar-refractivity contribution in [1.29, 1.82) is 0 Å². The number of carboxylic acid groups (broad SMARTS) is 1. The summed E-state index contributed by atoms with van der Waals surface area (Å²) in [5.41, 5.74) is 8.37. The molecule has 0 saturated carbocycles. The summed E-state index contributed by atoms with van der Waals surface area (Å²) < 4.78 is 74.8. The molecule has 0 aliphatic rings. The summed E-state index contributed by atoms with van der Waals surface area (Å²) in [6, 6.07) is 15.9. The highest BCUT2D eigenvalue weighted by atomic mass is 19.1. The van der Waals surface area contributed by atoms with Gasteiger partial charge in [-0.15, -0.1) is 0 Å². The van der Waals surface area contributed by atoms with Crippen molar-refractivity contribution in [2.24, 2.45) is 5.73 Å². The van der Waals surface area contributed by atoms with Gasteiger partial charge in [-0.05, 0) is 53.6 Å². The first-order chi connectivity index (χ1) is 26.7. The molecule has 0 bridgehead atoms. The fourth-order valence-electron chi connectivity index (χ4n) is 5.61. The Morgan fingerprint density at radius 3 is 2.33 bits per heavy atom. The largest absolute Gasteiger partial charge is 0.478 e. The van der Waals surface area contributed by atoms with Gasteiger partial charge in [0.25, 0.3) is 0 Å². The minimum absolute atomic E-state index is 0.0469. The number of methoxy groups -OCH3 is 2. The van der Waals surface area contributed by atoms with Crippen LogP contribution in [0.2, 0.25) is 0 Å². The first kappa shape index (κ1) is 40.6.